The van der Waals surface area contributed by atoms with E-state index >= 15 is 0 Å². The molecule has 142 valence electrons. The molecule has 0 spiro atoms. The topological polar surface area (TPSA) is 35.1 Å². The molecule has 0 unspecified atom stereocenters. The van der Waals surface area contributed by atoms with Crippen LogP contribution >= 0.6 is 23.4 Å². The van der Waals surface area contributed by atoms with E-state index in [1.165, 1.54) is 34.9 Å². The van der Waals surface area contributed by atoms with Gasteiger partial charge < -0.3 is 4.90 Å². The summed E-state index contributed by atoms with van der Waals surface area (Å²) in [7, 11) is 4.06. The van der Waals surface area contributed by atoms with Gasteiger partial charge in [0.1, 0.15) is 17.7 Å². The molecule has 27 heavy (non-hydrogen) atoms. The Morgan fingerprint density at radius 3 is 2.44 bits per heavy atom. The molecular weight excluding hydrogens is 390 g/mol. The normalized spacial score (nSPS) is 12.6. The van der Waals surface area contributed by atoms with Gasteiger partial charge in [0.15, 0.2) is 11.0 Å². The van der Waals surface area contributed by atoms with Gasteiger partial charge >= 0.3 is 0 Å². The predicted octanol–water partition coefficient (Wildman–Crippen LogP) is 3.70. The smallest absolute Gasteiger partial charge is 0.196 e. The third-order valence-electron chi connectivity index (χ3n) is 4.40. The highest BCUT2D eigenvalue weighted by atomic mass is 35.5. The zero-order valence-electron chi connectivity index (χ0n) is 15.2. The first kappa shape index (κ1) is 19.8. The van der Waals surface area contributed by atoms with Gasteiger partial charge in [-0.15, -0.1) is 10.2 Å². The van der Waals surface area contributed by atoms with Gasteiger partial charge in [0.2, 0.25) is 0 Å². The number of halogens is 3. The Balaban J connectivity index is 1.99. The number of hydrogen-bond acceptors (Lipinski definition) is 3. The highest BCUT2D eigenvalue weighted by Crippen LogP contribution is 2.30. The monoisotopic (exact) mass is 409 g/mol. The van der Waals surface area contributed by atoms with Crippen molar-refractivity contribution in [3.8, 4) is 5.69 Å². The summed E-state index contributed by atoms with van der Waals surface area (Å²) in [5, 5.41) is 9.62. The highest BCUT2D eigenvalue weighted by Gasteiger charge is 2.24. The summed E-state index contributed by atoms with van der Waals surface area (Å²) in [6, 6.07) is 10.8. The Bertz CT molecular complexity index is 908. The van der Waals surface area contributed by atoms with Crippen molar-refractivity contribution >= 4 is 23.4 Å². The number of nitrogens with one attached hydrogen (secondary N) is 1. The molecule has 0 aliphatic carbocycles. The van der Waals surface area contributed by atoms with Gasteiger partial charge in [-0.05, 0) is 43.3 Å². The largest absolute Gasteiger partial charge is 0.331 e. The fraction of sp³-hybridized carbons (Fsp3) is 0.263. The molecule has 1 atom stereocenters. The molecule has 8 heteroatoms. The number of hydrogen-bond donors (Lipinski definition) is 1. The van der Waals surface area contributed by atoms with Crippen molar-refractivity contribution in [1.82, 2.24) is 14.8 Å². The molecule has 3 aromatic rings. The fourth-order valence-electron chi connectivity index (χ4n) is 2.55. The van der Waals surface area contributed by atoms with Crippen LogP contribution in [0, 0.1) is 11.6 Å². The maximum absolute atomic E-state index is 14.1. The molecular formula is C19H20ClF2N4S+. The molecule has 0 amide bonds. The number of quaternary nitrogens is 1. The van der Waals surface area contributed by atoms with E-state index in [2.05, 4.69) is 10.2 Å². The van der Waals surface area contributed by atoms with E-state index in [4.69, 9.17) is 11.6 Å². The third kappa shape index (κ3) is 4.31. The zero-order valence-corrected chi connectivity index (χ0v) is 16.8. The molecule has 4 nitrogen and oxygen atoms in total. The van der Waals surface area contributed by atoms with E-state index in [-0.39, 0.29) is 17.7 Å². The molecule has 0 saturated carbocycles. The number of benzene rings is 2. The van der Waals surface area contributed by atoms with Crippen LogP contribution in [0.15, 0.2) is 47.6 Å². The van der Waals surface area contributed by atoms with E-state index in [0.717, 1.165) is 11.5 Å². The minimum absolute atomic E-state index is 0.0638. The minimum atomic E-state index is -0.353. The van der Waals surface area contributed by atoms with Crippen molar-refractivity contribution in [3.63, 3.8) is 0 Å². The van der Waals surface area contributed by atoms with Crippen LogP contribution < -0.4 is 4.90 Å². The summed E-state index contributed by atoms with van der Waals surface area (Å²) in [6.07, 6.45) is 0. The molecule has 0 aliphatic rings. The van der Waals surface area contributed by atoms with Crippen molar-refractivity contribution in [2.75, 3.05) is 14.1 Å². The lowest BCUT2D eigenvalue weighted by Gasteiger charge is -2.18. The Morgan fingerprint density at radius 2 is 1.81 bits per heavy atom. The summed E-state index contributed by atoms with van der Waals surface area (Å²) in [6.45, 7) is 2.04. The average molecular weight is 410 g/mol. The second-order valence-electron chi connectivity index (χ2n) is 6.44. The Labute approximate surface area is 166 Å². The predicted molar refractivity (Wildman–Crippen MR) is 104 cm³/mol. The molecule has 0 aliphatic heterocycles. The quantitative estimate of drug-likeness (QED) is 0.630. The lowest BCUT2D eigenvalue weighted by Crippen LogP contribution is -3.05. The van der Waals surface area contributed by atoms with Gasteiger partial charge in [0.05, 0.1) is 14.1 Å². The molecule has 0 bridgehead atoms. The van der Waals surface area contributed by atoms with Crippen molar-refractivity contribution in [2.24, 2.45) is 0 Å². The fourth-order valence-corrected chi connectivity index (χ4v) is 3.86. The first-order chi connectivity index (χ1) is 12.9. The number of thioether (sulfide) groups is 1. The van der Waals surface area contributed by atoms with Gasteiger partial charge in [0.25, 0.3) is 0 Å². The Hall–Kier alpha value is -1.96. The summed E-state index contributed by atoms with van der Waals surface area (Å²) in [5.74, 6) is 0.401. The van der Waals surface area contributed by atoms with Crippen molar-refractivity contribution in [1.29, 1.82) is 0 Å². The van der Waals surface area contributed by atoms with E-state index < -0.39 is 0 Å². The first-order valence-electron chi connectivity index (χ1n) is 8.45. The van der Waals surface area contributed by atoms with E-state index in [1.807, 2.05) is 25.6 Å². The summed E-state index contributed by atoms with van der Waals surface area (Å²) >= 11 is 7.47. The summed E-state index contributed by atoms with van der Waals surface area (Å²) < 4.78 is 29.3. The number of aromatic nitrogens is 3. The van der Waals surface area contributed by atoms with Crippen LogP contribution in [0.5, 0.6) is 0 Å². The third-order valence-corrected chi connectivity index (χ3v) is 5.71. The van der Waals surface area contributed by atoms with Gasteiger partial charge in [-0.25, -0.2) is 8.78 Å². The second kappa shape index (κ2) is 8.37. The molecule has 0 radical (unpaired) electrons. The molecule has 0 fully saturated rings. The van der Waals surface area contributed by atoms with Crippen LogP contribution in [-0.4, -0.2) is 28.9 Å². The molecule has 1 aromatic heterocycles. The van der Waals surface area contributed by atoms with E-state index in [1.54, 1.807) is 24.3 Å². The molecule has 3 rings (SSSR count). The van der Waals surface area contributed by atoms with Crippen LogP contribution in [0.25, 0.3) is 5.69 Å². The highest BCUT2D eigenvalue weighted by molar-refractivity contribution is 7.98. The molecule has 0 saturated heterocycles. The van der Waals surface area contributed by atoms with Crippen LogP contribution in [0.1, 0.15) is 24.4 Å². The van der Waals surface area contributed by atoms with Crippen LogP contribution in [-0.2, 0) is 5.75 Å². The number of nitrogens with zero attached hydrogens (tertiary/aromatic N) is 3. The van der Waals surface area contributed by atoms with Crippen LogP contribution in [0.2, 0.25) is 5.02 Å². The lowest BCUT2D eigenvalue weighted by atomic mass is 10.2. The SMILES string of the molecule is C[C@@H](c1nnc(SCc2c(F)cccc2Cl)n1-c1ccc(F)cc1)[NH+](C)C. The van der Waals surface area contributed by atoms with E-state index in [9.17, 15) is 8.78 Å². The van der Waals surface area contributed by atoms with Gasteiger partial charge in [0, 0.05) is 22.0 Å². The first-order valence-corrected chi connectivity index (χ1v) is 9.81. The summed E-state index contributed by atoms with van der Waals surface area (Å²) in [5.41, 5.74) is 1.18. The zero-order chi connectivity index (χ0) is 19.6. The lowest BCUT2D eigenvalue weighted by molar-refractivity contribution is -0.890. The number of rotatable bonds is 6. The van der Waals surface area contributed by atoms with Crippen LogP contribution in [0.3, 0.4) is 0 Å². The second-order valence-corrected chi connectivity index (χ2v) is 7.79. The van der Waals surface area contributed by atoms with Gasteiger partial charge in [-0.2, -0.15) is 0 Å². The van der Waals surface area contributed by atoms with Crippen molar-refractivity contribution in [3.05, 3.63) is 70.5 Å². The Morgan fingerprint density at radius 1 is 1.11 bits per heavy atom. The molecule has 1 N–H and O–H groups in total. The van der Waals surface area contributed by atoms with Crippen molar-refractivity contribution in [2.45, 2.75) is 23.9 Å². The molecule has 2 aromatic carbocycles. The maximum Gasteiger partial charge on any atom is 0.196 e. The van der Waals surface area contributed by atoms with Gasteiger partial charge in [-0.1, -0.05) is 29.4 Å². The summed E-state index contributed by atoms with van der Waals surface area (Å²) in [4.78, 5) is 1.18. The van der Waals surface area contributed by atoms with E-state index in [0.29, 0.717) is 21.5 Å². The maximum atomic E-state index is 14.1. The van der Waals surface area contributed by atoms with Gasteiger partial charge in [-0.3, -0.25) is 4.57 Å². The average Bonchev–Trinajstić information content (AvgIpc) is 3.05. The van der Waals surface area contributed by atoms with Crippen molar-refractivity contribution < 1.29 is 13.7 Å². The standard InChI is InChI=1S/C19H19ClF2N4S/c1-12(25(2)3)18-23-24-19(26(18)14-9-7-13(21)8-10-14)27-11-15-16(20)5-4-6-17(15)22/h4-10,12H,11H2,1-3H3/p+1/t12-/m0/s1. The Kier molecular flexibility index (Phi) is 6.14. The molecule has 1 heterocycles. The minimum Gasteiger partial charge on any atom is -0.331 e. The van der Waals surface area contributed by atoms with Crippen LogP contribution in [0.4, 0.5) is 8.78 Å².